The van der Waals surface area contributed by atoms with Crippen molar-refractivity contribution in [3.63, 3.8) is 0 Å². The van der Waals surface area contributed by atoms with Crippen molar-refractivity contribution in [1.82, 2.24) is 30.4 Å². The third kappa shape index (κ3) is 6.41. The normalized spacial score (nSPS) is 20.9. The van der Waals surface area contributed by atoms with Gasteiger partial charge in [-0.25, -0.2) is 14.3 Å². The van der Waals surface area contributed by atoms with Gasteiger partial charge in [0.15, 0.2) is 6.10 Å². The van der Waals surface area contributed by atoms with Crippen LogP contribution in [0.1, 0.15) is 11.7 Å². The summed E-state index contributed by atoms with van der Waals surface area (Å²) in [6.45, 7) is -0.556. The van der Waals surface area contributed by atoms with Crippen LogP contribution in [-0.2, 0) is 35.7 Å². The molecule has 0 unspecified atom stereocenters. The molecule has 0 radical (unpaired) electrons. The van der Waals surface area contributed by atoms with E-state index in [0.717, 1.165) is 4.90 Å². The second kappa shape index (κ2) is 13.0. The van der Waals surface area contributed by atoms with Gasteiger partial charge in [0.1, 0.15) is 23.7 Å². The number of aliphatic carboxylic acids is 2. The number of rotatable bonds is 12. The van der Waals surface area contributed by atoms with Crippen LogP contribution in [0.4, 0.5) is 10.5 Å². The first-order valence-corrected chi connectivity index (χ1v) is 14.3. The van der Waals surface area contributed by atoms with Crippen molar-refractivity contribution in [3.8, 4) is 0 Å². The number of carboxylic acids is 2. The Balaban J connectivity index is 1.41. The minimum Gasteiger partial charge on any atom is -0.480 e. The van der Waals surface area contributed by atoms with Gasteiger partial charge in [0.2, 0.25) is 5.16 Å². The number of aliphatic hydroxyl groups is 1. The highest BCUT2D eigenvalue weighted by atomic mass is 32.2. The van der Waals surface area contributed by atoms with Crippen LogP contribution in [0.25, 0.3) is 0 Å². The molecule has 20 heteroatoms. The number of aryl methyl sites for hydroxylation is 1. The molecular formula is C23H26N8O10S2. The van der Waals surface area contributed by atoms with Crippen LogP contribution >= 0.6 is 23.5 Å². The third-order valence-corrected chi connectivity index (χ3v) is 8.80. The van der Waals surface area contributed by atoms with Crippen molar-refractivity contribution in [2.45, 2.75) is 28.4 Å². The molecule has 2 aliphatic rings. The number of carboxylic acid groups (broad SMARTS) is 2. The Labute approximate surface area is 250 Å². The van der Waals surface area contributed by atoms with Crippen molar-refractivity contribution in [1.29, 1.82) is 0 Å². The lowest BCUT2D eigenvalue weighted by Gasteiger charge is -2.55. The van der Waals surface area contributed by atoms with E-state index < -0.39 is 59.7 Å². The second-order valence-corrected chi connectivity index (χ2v) is 11.1. The molecule has 3 amide bonds. The fourth-order valence-electron chi connectivity index (χ4n) is 4.09. The van der Waals surface area contributed by atoms with Crippen LogP contribution in [0.15, 0.2) is 40.7 Å². The number of amides is 3. The van der Waals surface area contributed by atoms with Crippen LogP contribution in [0.5, 0.6) is 0 Å². The fourth-order valence-corrected chi connectivity index (χ4v) is 6.52. The highest BCUT2D eigenvalue weighted by molar-refractivity contribution is 8.01. The first-order chi connectivity index (χ1) is 20.4. The molecule has 3 heterocycles. The average molecular weight is 639 g/mol. The topological polar surface area (TPSA) is 261 Å². The first-order valence-electron chi connectivity index (χ1n) is 12.2. The number of aliphatic hydroxyl groups excluding tert-OH is 1. The Morgan fingerprint density at radius 3 is 2.53 bits per heavy atom. The molecule has 1 saturated heterocycles. The van der Waals surface area contributed by atoms with Gasteiger partial charge in [-0.2, -0.15) is 0 Å². The number of fused-ring (bicyclic) bond motifs is 1. The number of carbonyl (C=O) groups is 5. The standard InChI is InChI=1S/C23H26N8O10S2/c1-30-21(27-28-29-30)43-9-11-8-42-20-23(40-2,19(38)31(20)14(11)18(36)37)26-16(33)15(32)10-3-5-12(6-4-10)25-22(39)41-7-13(24)17(34)35/h3-6,13,15,20,32H,7-9,24H2,1-2H3,(H,25,39)(H,26,33)(H,34,35)(H,36,37)/t13-,15-,20-,23+/m1/s1. The quantitative estimate of drug-likeness (QED) is 0.0897. The lowest BCUT2D eigenvalue weighted by molar-refractivity contribution is -0.193. The lowest BCUT2D eigenvalue weighted by Crippen LogP contribution is -2.81. The number of nitrogens with two attached hydrogens (primary N) is 1. The molecular weight excluding hydrogens is 612 g/mol. The van der Waals surface area contributed by atoms with Crippen LogP contribution in [0.2, 0.25) is 0 Å². The number of hydrogen-bond donors (Lipinski definition) is 6. The van der Waals surface area contributed by atoms with E-state index >= 15 is 0 Å². The van der Waals surface area contributed by atoms with Crippen LogP contribution in [0.3, 0.4) is 0 Å². The minimum atomic E-state index is -1.93. The number of anilines is 1. The summed E-state index contributed by atoms with van der Waals surface area (Å²) in [6, 6.07) is 3.97. The van der Waals surface area contributed by atoms with Crippen LogP contribution < -0.4 is 16.4 Å². The van der Waals surface area contributed by atoms with E-state index in [1.807, 2.05) is 0 Å². The van der Waals surface area contributed by atoms with Crippen molar-refractivity contribution < 1.29 is 48.8 Å². The van der Waals surface area contributed by atoms with Crippen molar-refractivity contribution >= 4 is 59.1 Å². The first kappa shape index (κ1) is 31.7. The summed E-state index contributed by atoms with van der Waals surface area (Å²) in [5.74, 6) is -4.08. The Bertz CT molecular complexity index is 1470. The molecule has 4 atom stereocenters. The van der Waals surface area contributed by atoms with E-state index in [4.69, 9.17) is 20.3 Å². The van der Waals surface area contributed by atoms with Crippen molar-refractivity contribution in [3.05, 3.63) is 41.1 Å². The average Bonchev–Trinajstić information content (AvgIpc) is 3.40. The molecule has 7 N–H and O–H groups in total. The zero-order valence-corrected chi connectivity index (χ0v) is 24.1. The summed E-state index contributed by atoms with van der Waals surface area (Å²) in [4.78, 5) is 62.1. The molecule has 1 aromatic heterocycles. The van der Waals surface area contributed by atoms with E-state index in [1.165, 1.54) is 59.6 Å². The number of hydrogen-bond acceptors (Lipinski definition) is 14. The molecule has 1 fully saturated rings. The number of ether oxygens (including phenoxy) is 2. The number of tetrazole rings is 1. The monoisotopic (exact) mass is 638 g/mol. The van der Waals surface area contributed by atoms with Crippen molar-refractivity contribution in [2.75, 3.05) is 30.5 Å². The summed E-state index contributed by atoms with van der Waals surface area (Å²) in [7, 11) is 2.82. The van der Waals surface area contributed by atoms with E-state index in [2.05, 4.69) is 26.2 Å². The minimum absolute atomic E-state index is 0.0965. The SMILES string of the molecule is CO[C@@]1(NC(=O)[C@H](O)c2ccc(NC(=O)OC[C@@H](N)C(=O)O)cc2)C(=O)N2C(C(=O)O)=C(CSc3nnnn3C)CS[C@@H]21. The molecule has 4 rings (SSSR count). The zero-order valence-electron chi connectivity index (χ0n) is 22.5. The van der Waals surface area contributed by atoms with Gasteiger partial charge in [0.05, 0.1) is 0 Å². The summed E-state index contributed by atoms with van der Waals surface area (Å²) in [5.41, 5.74) is 3.86. The molecule has 2 aromatic rings. The molecule has 43 heavy (non-hydrogen) atoms. The van der Waals surface area contributed by atoms with Gasteiger partial charge in [-0.15, -0.1) is 16.9 Å². The molecule has 2 aliphatic heterocycles. The maximum Gasteiger partial charge on any atom is 0.411 e. The predicted molar refractivity (Wildman–Crippen MR) is 147 cm³/mol. The van der Waals surface area contributed by atoms with Gasteiger partial charge in [-0.1, -0.05) is 23.9 Å². The largest absolute Gasteiger partial charge is 0.480 e. The summed E-state index contributed by atoms with van der Waals surface area (Å²) in [6.07, 6.45) is -2.73. The summed E-state index contributed by atoms with van der Waals surface area (Å²) < 4.78 is 11.6. The Morgan fingerprint density at radius 1 is 1.26 bits per heavy atom. The van der Waals surface area contributed by atoms with E-state index in [1.54, 1.807) is 7.05 Å². The Hall–Kier alpha value is -4.24. The summed E-state index contributed by atoms with van der Waals surface area (Å²) >= 11 is 2.38. The number of nitrogens with one attached hydrogen (secondary N) is 2. The molecule has 0 bridgehead atoms. The van der Waals surface area contributed by atoms with Gasteiger partial charge in [0, 0.05) is 31.4 Å². The van der Waals surface area contributed by atoms with Gasteiger partial charge in [0.25, 0.3) is 17.5 Å². The number of nitrogens with zero attached hydrogens (tertiary/aromatic N) is 5. The number of benzene rings is 1. The number of methoxy groups -OCH3 is 1. The Kier molecular flexibility index (Phi) is 9.55. The second-order valence-electron chi connectivity index (χ2n) is 9.09. The van der Waals surface area contributed by atoms with E-state index in [0.29, 0.717) is 10.7 Å². The highest BCUT2D eigenvalue weighted by Gasteiger charge is 2.66. The van der Waals surface area contributed by atoms with Gasteiger partial charge < -0.3 is 35.8 Å². The van der Waals surface area contributed by atoms with Gasteiger partial charge in [-0.3, -0.25) is 24.6 Å². The van der Waals surface area contributed by atoms with E-state index in [-0.39, 0.29) is 28.5 Å². The fraction of sp³-hybridized carbons (Fsp3) is 0.391. The number of thioether (sulfide) groups is 2. The predicted octanol–water partition coefficient (Wildman–Crippen LogP) is -1.29. The molecule has 0 spiro atoms. The number of β-lactam (4-membered cyclic amide) rings is 1. The number of aromatic nitrogens is 4. The molecule has 18 nitrogen and oxygen atoms in total. The number of carbonyl (C=O) groups excluding carboxylic acids is 3. The summed E-state index contributed by atoms with van der Waals surface area (Å²) in [5, 5.41) is 44.7. The smallest absolute Gasteiger partial charge is 0.411 e. The molecule has 230 valence electrons. The third-order valence-electron chi connectivity index (χ3n) is 6.33. The van der Waals surface area contributed by atoms with Crippen LogP contribution in [0, 0.1) is 0 Å². The maximum absolute atomic E-state index is 13.3. The molecule has 0 aliphatic carbocycles. The molecule has 0 saturated carbocycles. The van der Waals surface area contributed by atoms with Crippen LogP contribution in [-0.4, -0.2) is 113 Å². The Morgan fingerprint density at radius 2 is 1.95 bits per heavy atom. The van der Waals surface area contributed by atoms with E-state index in [9.17, 15) is 34.2 Å². The van der Waals surface area contributed by atoms with Crippen molar-refractivity contribution in [2.24, 2.45) is 12.8 Å². The van der Waals surface area contributed by atoms with Gasteiger partial charge in [-0.05, 0) is 33.7 Å². The highest BCUT2D eigenvalue weighted by Crippen LogP contribution is 2.47. The van der Waals surface area contributed by atoms with Gasteiger partial charge >= 0.3 is 18.0 Å². The zero-order chi connectivity index (χ0) is 31.5. The maximum atomic E-state index is 13.3. The molecule has 1 aromatic carbocycles. The lowest BCUT2D eigenvalue weighted by atomic mass is 9.97.